The Labute approximate surface area is 221 Å². The van der Waals surface area contributed by atoms with Gasteiger partial charge in [0.2, 0.25) is 0 Å². The Bertz CT molecular complexity index is 1320. The molecule has 0 saturated carbocycles. The van der Waals surface area contributed by atoms with Crippen LogP contribution in [0.2, 0.25) is 0 Å². The number of ether oxygens (including phenoxy) is 1. The van der Waals surface area contributed by atoms with Gasteiger partial charge in [-0.25, -0.2) is 9.97 Å². The Kier molecular flexibility index (Phi) is 8.53. The minimum atomic E-state index is 0.0662. The zero-order valence-electron chi connectivity index (χ0n) is 21.8. The number of hydrogen-bond acceptors (Lipinski definition) is 9. The summed E-state index contributed by atoms with van der Waals surface area (Å²) in [6.07, 6.45) is 0.0662. The molecular formula is C26H35N7OS2. The molecule has 36 heavy (non-hydrogen) atoms. The van der Waals surface area contributed by atoms with Crippen molar-refractivity contribution in [3.05, 3.63) is 47.6 Å². The molecule has 4 rings (SSSR count). The third kappa shape index (κ3) is 6.37. The van der Waals surface area contributed by atoms with Gasteiger partial charge >= 0.3 is 0 Å². The number of likely N-dealkylation sites (N-methyl/N-ethyl adjacent to an activating group) is 2. The Hall–Kier alpha value is -2.63. The molecule has 0 unspecified atom stereocenters. The van der Waals surface area contributed by atoms with Crippen molar-refractivity contribution >= 4 is 45.1 Å². The summed E-state index contributed by atoms with van der Waals surface area (Å²) in [5.41, 5.74) is 4.91. The Balaban J connectivity index is 1.54. The quantitative estimate of drug-likeness (QED) is 0.259. The molecule has 2 aromatic heterocycles. The molecule has 0 spiro atoms. The van der Waals surface area contributed by atoms with Gasteiger partial charge in [-0.15, -0.1) is 11.3 Å². The van der Waals surface area contributed by atoms with E-state index in [1.54, 1.807) is 11.3 Å². The molecule has 8 nitrogen and oxygen atoms in total. The largest absolute Gasteiger partial charge is 0.489 e. The topological polar surface area (TPSA) is 84.5 Å². The summed E-state index contributed by atoms with van der Waals surface area (Å²) in [4.78, 5) is 15.2. The molecule has 2 aromatic carbocycles. The number of benzene rings is 2. The number of anilines is 2. The molecule has 10 heteroatoms. The number of aryl methyl sites for hydroxylation is 1. The second-order valence-electron chi connectivity index (χ2n) is 9.44. The second-order valence-corrected chi connectivity index (χ2v) is 11.0. The maximum Gasteiger partial charge on any atom is 0.187 e. The number of fused-ring (bicyclic) bond motifs is 1. The van der Waals surface area contributed by atoms with Gasteiger partial charge in [0.1, 0.15) is 11.6 Å². The van der Waals surface area contributed by atoms with Gasteiger partial charge in [-0.3, -0.25) is 10.0 Å². The highest BCUT2D eigenvalue weighted by atomic mass is 32.2. The van der Waals surface area contributed by atoms with E-state index in [1.165, 1.54) is 11.9 Å². The zero-order valence-corrected chi connectivity index (χ0v) is 23.4. The zero-order chi connectivity index (χ0) is 25.8. The fraction of sp³-hybridized carbons (Fsp3) is 0.385. The normalized spacial score (nSPS) is 11.8. The van der Waals surface area contributed by atoms with Crippen molar-refractivity contribution in [2.24, 2.45) is 12.2 Å². The van der Waals surface area contributed by atoms with Crippen molar-refractivity contribution in [2.75, 3.05) is 39.5 Å². The molecule has 2 heterocycles. The van der Waals surface area contributed by atoms with Gasteiger partial charge in [-0.2, -0.15) is 0 Å². The molecule has 0 amide bonds. The lowest BCUT2D eigenvalue weighted by molar-refractivity contribution is 0.243. The van der Waals surface area contributed by atoms with Gasteiger partial charge < -0.3 is 19.5 Å². The van der Waals surface area contributed by atoms with E-state index < -0.39 is 0 Å². The van der Waals surface area contributed by atoms with Crippen LogP contribution in [0.25, 0.3) is 22.3 Å². The van der Waals surface area contributed by atoms with Gasteiger partial charge in [-0.1, -0.05) is 6.07 Å². The first kappa shape index (κ1) is 26.4. The fourth-order valence-electron chi connectivity index (χ4n) is 3.86. The predicted molar refractivity (Wildman–Crippen MR) is 152 cm³/mol. The third-order valence-electron chi connectivity index (χ3n) is 5.81. The average Bonchev–Trinajstić information content (AvgIpc) is 3.42. The Morgan fingerprint density at radius 1 is 1.11 bits per heavy atom. The maximum absolute atomic E-state index is 5.97. The minimum absolute atomic E-state index is 0.0662. The van der Waals surface area contributed by atoms with Crippen LogP contribution >= 0.6 is 23.3 Å². The highest BCUT2D eigenvalue weighted by Crippen LogP contribution is 2.35. The smallest absolute Gasteiger partial charge is 0.187 e. The summed E-state index contributed by atoms with van der Waals surface area (Å²) in [5, 5.41) is 12.1. The van der Waals surface area contributed by atoms with E-state index in [2.05, 4.69) is 71.5 Å². The van der Waals surface area contributed by atoms with Crippen LogP contribution < -0.4 is 15.2 Å². The summed E-state index contributed by atoms with van der Waals surface area (Å²) in [6.45, 7) is 6.84. The summed E-state index contributed by atoms with van der Waals surface area (Å²) in [6, 6.07) is 12.2. The molecule has 4 aromatic rings. The highest BCUT2D eigenvalue weighted by molar-refractivity contribution is 7.97. The van der Waals surface area contributed by atoms with E-state index in [0.29, 0.717) is 0 Å². The van der Waals surface area contributed by atoms with Crippen molar-refractivity contribution < 1.29 is 4.74 Å². The number of aromatic nitrogens is 3. The van der Waals surface area contributed by atoms with E-state index in [0.717, 1.165) is 69.2 Å². The summed E-state index contributed by atoms with van der Waals surface area (Å²) < 4.78 is 8.15. The fourth-order valence-corrected chi connectivity index (χ4v) is 4.92. The van der Waals surface area contributed by atoms with Gasteiger partial charge in [0, 0.05) is 36.0 Å². The number of nitrogens with zero attached hydrogens (tertiary/aromatic N) is 5. The number of thiazole rings is 1. The molecule has 0 bridgehead atoms. The summed E-state index contributed by atoms with van der Waals surface area (Å²) in [7, 11) is 8.41. The SMILES string of the molecule is CC(C)Oc1ccc(SN)cc1Nc1nc(-c2ccc3c(c2)nc(CN(C)CCN(C)C)n3C)cs1. The second kappa shape index (κ2) is 11.6. The van der Waals surface area contributed by atoms with Crippen LogP contribution in [-0.2, 0) is 13.6 Å². The van der Waals surface area contributed by atoms with Gasteiger partial charge in [0.05, 0.1) is 35.1 Å². The number of hydrogen-bond donors (Lipinski definition) is 2. The molecule has 192 valence electrons. The predicted octanol–water partition coefficient (Wildman–Crippen LogP) is 5.19. The Morgan fingerprint density at radius 3 is 2.64 bits per heavy atom. The van der Waals surface area contributed by atoms with Crippen molar-refractivity contribution in [3.63, 3.8) is 0 Å². The van der Waals surface area contributed by atoms with E-state index in [-0.39, 0.29) is 6.10 Å². The van der Waals surface area contributed by atoms with Crippen molar-refractivity contribution in [1.82, 2.24) is 24.3 Å². The molecule has 0 fully saturated rings. The van der Waals surface area contributed by atoms with Crippen LogP contribution in [0.5, 0.6) is 5.75 Å². The lowest BCUT2D eigenvalue weighted by Crippen LogP contribution is -2.29. The third-order valence-corrected chi connectivity index (χ3v) is 7.09. The minimum Gasteiger partial charge on any atom is -0.489 e. The van der Waals surface area contributed by atoms with Crippen LogP contribution in [0, 0.1) is 0 Å². The first-order chi connectivity index (χ1) is 17.2. The molecule has 3 N–H and O–H groups in total. The first-order valence-corrected chi connectivity index (χ1v) is 13.7. The molecule has 0 aliphatic carbocycles. The lowest BCUT2D eigenvalue weighted by Gasteiger charge is -2.18. The maximum atomic E-state index is 5.97. The molecular weight excluding hydrogens is 490 g/mol. The van der Waals surface area contributed by atoms with Crippen LogP contribution in [0.4, 0.5) is 10.8 Å². The Morgan fingerprint density at radius 2 is 1.92 bits per heavy atom. The molecule has 0 aliphatic rings. The van der Waals surface area contributed by atoms with E-state index >= 15 is 0 Å². The average molecular weight is 526 g/mol. The van der Waals surface area contributed by atoms with Crippen molar-refractivity contribution in [2.45, 2.75) is 31.4 Å². The number of rotatable bonds is 11. The van der Waals surface area contributed by atoms with Crippen LogP contribution in [0.1, 0.15) is 19.7 Å². The first-order valence-electron chi connectivity index (χ1n) is 11.9. The van der Waals surface area contributed by atoms with Crippen LogP contribution in [-0.4, -0.2) is 64.7 Å². The van der Waals surface area contributed by atoms with E-state index in [4.69, 9.17) is 19.8 Å². The van der Waals surface area contributed by atoms with E-state index in [9.17, 15) is 0 Å². The summed E-state index contributed by atoms with van der Waals surface area (Å²) >= 11 is 2.77. The van der Waals surface area contributed by atoms with Crippen molar-refractivity contribution in [1.29, 1.82) is 0 Å². The van der Waals surface area contributed by atoms with Gasteiger partial charge in [0.15, 0.2) is 5.13 Å². The lowest BCUT2D eigenvalue weighted by atomic mass is 10.1. The highest BCUT2D eigenvalue weighted by Gasteiger charge is 2.14. The number of nitrogens with two attached hydrogens (primary N) is 1. The van der Waals surface area contributed by atoms with Crippen molar-refractivity contribution in [3.8, 4) is 17.0 Å². The van der Waals surface area contributed by atoms with E-state index in [1.807, 2.05) is 32.0 Å². The molecule has 0 aliphatic heterocycles. The van der Waals surface area contributed by atoms with Gasteiger partial charge in [-0.05, 0) is 77.3 Å². The monoisotopic (exact) mass is 525 g/mol. The summed E-state index contributed by atoms with van der Waals surface area (Å²) in [5.74, 6) is 1.83. The van der Waals surface area contributed by atoms with Crippen LogP contribution in [0.15, 0.2) is 46.7 Å². The van der Waals surface area contributed by atoms with Crippen LogP contribution in [0.3, 0.4) is 0 Å². The molecule has 0 saturated heterocycles. The molecule has 0 radical (unpaired) electrons. The van der Waals surface area contributed by atoms with Gasteiger partial charge in [0.25, 0.3) is 0 Å². The number of nitrogens with one attached hydrogen (secondary N) is 1. The standard InChI is InChI=1S/C26H35N7OS2/c1-17(2)34-24-10-8-19(36-27)14-21(24)29-26-30-22(16-35-26)18-7-9-23-20(13-18)28-25(33(23)6)15-32(5)12-11-31(3)4/h7-10,13-14,16-17H,11-12,15,27H2,1-6H3,(H,29,30). The molecule has 0 atom stereocenters. The number of imidazole rings is 1.